The van der Waals surface area contributed by atoms with E-state index < -0.39 is 17.9 Å². The highest BCUT2D eigenvalue weighted by Gasteiger charge is 2.34. The molecule has 0 saturated heterocycles. The van der Waals surface area contributed by atoms with Crippen molar-refractivity contribution in [3.63, 3.8) is 0 Å². The van der Waals surface area contributed by atoms with E-state index in [0.717, 1.165) is 17.5 Å². The number of alkyl halides is 3. The van der Waals surface area contributed by atoms with E-state index in [1.54, 1.807) is 0 Å². The molecule has 2 rings (SSSR count). The molecule has 0 aliphatic rings. The minimum Gasteiger partial charge on any atom is -0.340 e. The van der Waals surface area contributed by atoms with Crippen LogP contribution in [-0.4, -0.2) is 22.4 Å². The summed E-state index contributed by atoms with van der Waals surface area (Å²) in [6.45, 7) is 0.0482. The topological polar surface area (TPSA) is 54.9 Å². The number of thiophene rings is 1. The van der Waals surface area contributed by atoms with Crippen LogP contribution in [0.5, 0.6) is 0 Å². The maximum Gasteiger partial charge on any atom is 0.451 e. The lowest BCUT2D eigenvalue weighted by Gasteiger charge is -2.02. The molecule has 19 heavy (non-hydrogen) atoms. The van der Waals surface area contributed by atoms with Gasteiger partial charge in [0.25, 0.3) is 5.91 Å². The van der Waals surface area contributed by atoms with E-state index in [4.69, 9.17) is 6.42 Å². The van der Waals surface area contributed by atoms with E-state index in [9.17, 15) is 18.0 Å². The number of hydrogen-bond acceptors (Lipinski definition) is 4. The number of terminal acetylenes is 1. The summed E-state index contributed by atoms with van der Waals surface area (Å²) < 4.78 is 37.3. The lowest BCUT2D eigenvalue weighted by Crippen LogP contribution is -2.22. The molecule has 0 aromatic carbocycles. The average molecular weight is 285 g/mol. The molecule has 0 fully saturated rings. The summed E-state index contributed by atoms with van der Waals surface area (Å²) in [6, 6.07) is 1.42. The second-order valence-corrected chi connectivity index (χ2v) is 4.48. The monoisotopic (exact) mass is 285 g/mol. The first-order valence-electron chi connectivity index (χ1n) is 4.97. The third-order valence-electron chi connectivity index (χ3n) is 2.10. The van der Waals surface area contributed by atoms with Gasteiger partial charge >= 0.3 is 6.18 Å². The number of halogens is 3. The molecule has 8 heteroatoms. The smallest absolute Gasteiger partial charge is 0.340 e. The van der Waals surface area contributed by atoms with Crippen molar-refractivity contribution in [2.75, 3.05) is 6.54 Å². The first kappa shape index (κ1) is 13.3. The Bertz CT molecular complexity index is 672. The fraction of sp³-hybridized carbons (Fsp3) is 0.182. The highest BCUT2D eigenvalue weighted by atomic mass is 32.1. The summed E-state index contributed by atoms with van der Waals surface area (Å²) in [5, 5.41) is 2.80. The van der Waals surface area contributed by atoms with Crippen LogP contribution in [0.2, 0.25) is 0 Å². The maximum absolute atomic E-state index is 12.4. The number of nitrogens with zero attached hydrogens (tertiary/aromatic N) is 2. The van der Waals surface area contributed by atoms with Gasteiger partial charge in [-0.3, -0.25) is 4.79 Å². The number of aromatic nitrogens is 2. The fourth-order valence-electron chi connectivity index (χ4n) is 1.30. The fourth-order valence-corrected chi connectivity index (χ4v) is 2.22. The van der Waals surface area contributed by atoms with E-state index in [2.05, 4.69) is 21.2 Å². The van der Waals surface area contributed by atoms with Crippen molar-refractivity contribution in [2.24, 2.45) is 0 Å². The van der Waals surface area contributed by atoms with Gasteiger partial charge in [-0.1, -0.05) is 5.92 Å². The van der Waals surface area contributed by atoms with E-state index in [-0.39, 0.29) is 16.3 Å². The zero-order valence-electron chi connectivity index (χ0n) is 9.28. The molecule has 2 aromatic heterocycles. The largest absolute Gasteiger partial charge is 0.451 e. The van der Waals surface area contributed by atoms with Crippen molar-refractivity contribution in [3.8, 4) is 12.3 Å². The van der Waals surface area contributed by atoms with Crippen LogP contribution < -0.4 is 5.32 Å². The molecule has 4 nitrogen and oxygen atoms in total. The van der Waals surface area contributed by atoms with Crippen LogP contribution in [0.25, 0.3) is 10.2 Å². The number of carbonyl (C=O) groups is 1. The van der Waals surface area contributed by atoms with Gasteiger partial charge in [-0.15, -0.1) is 17.8 Å². The molecule has 0 atom stereocenters. The summed E-state index contributed by atoms with van der Waals surface area (Å²) in [7, 11) is 0. The third kappa shape index (κ3) is 2.82. The van der Waals surface area contributed by atoms with E-state index >= 15 is 0 Å². The molecule has 0 aliphatic heterocycles. The molecule has 0 bridgehead atoms. The zero-order chi connectivity index (χ0) is 14.0. The molecule has 0 aliphatic carbocycles. The van der Waals surface area contributed by atoms with Crippen LogP contribution in [0.1, 0.15) is 15.5 Å². The number of nitrogens with one attached hydrogen (secondary N) is 1. The van der Waals surface area contributed by atoms with Gasteiger partial charge in [-0.05, 0) is 6.07 Å². The van der Waals surface area contributed by atoms with Crippen molar-refractivity contribution < 1.29 is 18.0 Å². The molecule has 1 amide bonds. The van der Waals surface area contributed by atoms with Gasteiger partial charge in [0.2, 0.25) is 5.82 Å². The highest BCUT2D eigenvalue weighted by molar-refractivity contribution is 7.20. The van der Waals surface area contributed by atoms with Crippen LogP contribution in [0.4, 0.5) is 13.2 Å². The summed E-state index contributed by atoms with van der Waals surface area (Å²) in [5.74, 6) is 0.553. The van der Waals surface area contributed by atoms with Crippen molar-refractivity contribution in [1.29, 1.82) is 0 Å². The minimum absolute atomic E-state index is 0.0482. The first-order valence-corrected chi connectivity index (χ1v) is 5.79. The van der Waals surface area contributed by atoms with Gasteiger partial charge in [0.05, 0.1) is 11.4 Å². The Morgan fingerprint density at radius 1 is 1.53 bits per heavy atom. The van der Waals surface area contributed by atoms with Crippen LogP contribution in [0.3, 0.4) is 0 Å². The van der Waals surface area contributed by atoms with Crippen molar-refractivity contribution in [3.05, 3.63) is 23.0 Å². The standard InChI is InChI=1S/C11H6F3N3OS/c1-2-3-15-8(18)7-4-6-5-16-10(11(12,13)14)17-9(6)19-7/h1,4-5H,3H2,(H,15,18). The first-order chi connectivity index (χ1) is 8.91. The summed E-state index contributed by atoms with van der Waals surface area (Å²) in [4.78, 5) is 18.5. The van der Waals surface area contributed by atoms with Gasteiger partial charge in [-0.2, -0.15) is 13.2 Å². The second-order valence-electron chi connectivity index (χ2n) is 3.45. The molecular weight excluding hydrogens is 279 g/mol. The molecule has 0 radical (unpaired) electrons. The SMILES string of the molecule is C#CCNC(=O)c1cc2cnc(C(F)(F)F)nc2s1. The number of amides is 1. The van der Waals surface area contributed by atoms with Crippen molar-refractivity contribution in [2.45, 2.75) is 6.18 Å². The Hall–Kier alpha value is -2.14. The minimum atomic E-state index is -4.61. The zero-order valence-corrected chi connectivity index (χ0v) is 10.1. The average Bonchev–Trinajstić information content (AvgIpc) is 2.77. The van der Waals surface area contributed by atoms with E-state index in [1.165, 1.54) is 6.07 Å². The number of carbonyl (C=O) groups excluding carboxylic acids is 1. The molecule has 0 spiro atoms. The van der Waals surface area contributed by atoms with Crippen LogP contribution in [0.15, 0.2) is 12.3 Å². The van der Waals surface area contributed by atoms with Crippen LogP contribution in [0, 0.1) is 12.3 Å². The van der Waals surface area contributed by atoms with E-state index in [1.807, 2.05) is 0 Å². The van der Waals surface area contributed by atoms with Crippen LogP contribution >= 0.6 is 11.3 Å². The van der Waals surface area contributed by atoms with Gasteiger partial charge in [0.1, 0.15) is 4.83 Å². The number of rotatable bonds is 2. The Morgan fingerprint density at radius 3 is 2.89 bits per heavy atom. The number of hydrogen-bond donors (Lipinski definition) is 1. The van der Waals surface area contributed by atoms with Gasteiger partial charge in [-0.25, -0.2) is 9.97 Å². The lowest BCUT2D eigenvalue weighted by atomic mass is 10.3. The van der Waals surface area contributed by atoms with Crippen molar-refractivity contribution >= 4 is 27.5 Å². The van der Waals surface area contributed by atoms with Gasteiger partial charge < -0.3 is 5.32 Å². The quantitative estimate of drug-likeness (QED) is 0.859. The Balaban J connectivity index is 2.36. The molecule has 98 valence electrons. The summed E-state index contributed by atoms with van der Waals surface area (Å²) in [6.07, 6.45) is 1.42. The van der Waals surface area contributed by atoms with Crippen molar-refractivity contribution in [1.82, 2.24) is 15.3 Å². The second kappa shape index (κ2) is 4.85. The Morgan fingerprint density at radius 2 is 2.26 bits per heavy atom. The Kier molecular flexibility index (Phi) is 3.40. The highest BCUT2D eigenvalue weighted by Crippen LogP contribution is 2.29. The third-order valence-corrected chi connectivity index (χ3v) is 3.15. The predicted molar refractivity (Wildman–Crippen MR) is 63.6 cm³/mol. The predicted octanol–water partition coefficient (Wildman–Crippen LogP) is 2.07. The summed E-state index contributed by atoms with van der Waals surface area (Å²) >= 11 is 0.854. The molecule has 1 N–H and O–H groups in total. The molecule has 2 aromatic rings. The number of fused-ring (bicyclic) bond motifs is 1. The van der Waals surface area contributed by atoms with E-state index in [0.29, 0.717) is 5.39 Å². The molecule has 2 heterocycles. The van der Waals surface area contributed by atoms with Gasteiger partial charge in [0, 0.05) is 11.6 Å². The molecular formula is C11H6F3N3OS. The normalized spacial score (nSPS) is 11.3. The lowest BCUT2D eigenvalue weighted by molar-refractivity contribution is -0.144. The van der Waals surface area contributed by atoms with Crippen LogP contribution in [-0.2, 0) is 6.18 Å². The van der Waals surface area contributed by atoms with Gasteiger partial charge in [0.15, 0.2) is 0 Å². The maximum atomic E-state index is 12.4. The molecule has 0 unspecified atom stereocenters. The Labute approximate surface area is 109 Å². The molecule has 0 saturated carbocycles. The summed E-state index contributed by atoms with van der Waals surface area (Å²) in [5.41, 5.74) is 0.